The molecule has 0 amide bonds. The zero-order chi connectivity index (χ0) is 14.7. The van der Waals surface area contributed by atoms with Gasteiger partial charge in [0.1, 0.15) is 24.2 Å². The van der Waals surface area contributed by atoms with E-state index in [1.807, 2.05) is 18.2 Å². The number of rotatable bonds is 5. The van der Waals surface area contributed by atoms with Crippen LogP contribution in [-0.4, -0.2) is 19.3 Å². The van der Waals surface area contributed by atoms with E-state index in [0.717, 1.165) is 24.3 Å². The van der Waals surface area contributed by atoms with Crippen molar-refractivity contribution in [2.24, 2.45) is 5.73 Å². The molecule has 0 radical (unpaired) electrons. The van der Waals surface area contributed by atoms with Crippen molar-refractivity contribution in [2.45, 2.75) is 25.9 Å². The number of fused-ring (bicyclic) bond motifs is 1. The van der Waals surface area contributed by atoms with Crippen LogP contribution in [0.15, 0.2) is 42.5 Å². The Morgan fingerprint density at radius 3 is 3.00 bits per heavy atom. The van der Waals surface area contributed by atoms with Gasteiger partial charge in [-0.15, -0.1) is 0 Å². The van der Waals surface area contributed by atoms with Crippen molar-refractivity contribution in [1.29, 1.82) is 0 Å². The first-order valence-electron chi connectivity index (χ1n) is 7.42. The Hall–Kier alpha value is -2.00. The van der Waals surface area contributed by atoms with Crippen LogP contribution in [0.1, 0.15) is 16.7 Å². The van der Waals surface area contributed by atoms with E-state index < -0.39 is 0 Å². The molecule has 1 heterocycles. The van der Waals surface area contributed by atoms with E-state index in [0.29, 0.717) is 13.2 Å². The van der Waals surface area contributed by atoms with Crippen molar-refractivity contribution >= 4 is 0 Å². The van der Waals surface area contributed by atoms with E-state index in [2.05, 4.69) is 31.2 Å². The third-order valence-electron chi connectivity index (χ3n) is 3.72. The number of benzene rings is 2. The first-order chi connectivity index (χ1) is 10.2. The molecule has 110 valence electrons. The molecule has 0 saturated carbocycles. The molecule has 3 nitrogen and oxygen atoms in total. The molecule has 3 heteroatoms. The summed E-state index contributed by atoms with van der Waals surface area (Å²) in [5.41, 5.74) is 9.34. The second kappa shape index (κ2) is 6.19. The third-order valence-corrected chi connectivity index (χ3v) is 3.72. The number of hydrogen-bond donors (Lipinski definition) is 1. The molecule has 1 unspecified atom stereocenters. The molecule has 1 aliphatic heterocycles. The first-order valence-corrected chi connectivity index (χ1v) is 7.42. The molecular formula is C18H21NO2. The zero-order valence-electron chi connectivity index (χ0n) is 12.3. The molecule has 3 rings (SSSR count). The lowest BCUT2D eigenvalue weighted by Gasteiger charge is -2.13. The largest absolute Gasteiger partial charge is 0.490 e. The molecule has 0 saturated heterocycles. The smallest absolute Gasteiger partial charge is 0.137 e. The predicted octanol–water partition coefficient (Wildman–Crippen LogP) is 2.88. The highest BCUT2D eigenvalue weighted by Crippen LogP contribution is 2.29. The SMILES string of the molecule is Cc1ccc2c(c1)CC(COc1cccc(CCN)c1)O2. The van der Waals surface area contributed by atoms with E-state index in [9.17, 15) is 0 Å². The van der Waals surface area contributed by atoms with Gasteiger partial charge in [0.2, 0.25) is 0 Å². The lowest BCUT2D eigenvalue weighted by Crippen LogP contribution is -2.22. The van der Waals surface area contributed by atoms with Crippen LogP contribution in [0.25, 0.3) is 0 Å². The second-order valence-electron chi connectivity index (χ2n) is 5.55. The molecule has 2 aromatic rings. The van der Waals surface area contributed by atoms with Crippen molar-refractivity contribution in [1.82, 2.24) is 0 Å². The maximum atomic E-state index is 5.92. The summed E-state index contributed by atoms with van der Waals surface area (Å²) in [6.45, 7) is 3.33. The fraction of sp³-hybridized carbons (Fsp3) is 0.333. The van der Waals surface area contributed by atoms with Gasteiger partial charge in [-0.05, 0) is 49.2 Å². The van der Waals surface area contributed by atoms with Gasteiger partial charge in [-0.1, -0.05) is 29.8 Å². The highest BCUT2D eigenvalue weighted by Gasteiger charge is 2.23. The Morgan fingerprint density at radius 1 is 1.24 bits per heavy atom. The van der Waals surface area contributed by atoms with E-state index in [4.69, 9.17) is 15.2 Å². The Bertz CT molecular complexity index is 624. The molecule has 2 aromatic carbocycles. The first kappa shape index (κ1) is 14.0. The third kappa shape index (κ3) is 3.37. The minimum atomic E-state index is 0.0972. The fourth-order valence-electron chi connectivity index (χ4n) is 2.69. The van der Waals surface area contributed by atoms with Crippen LogP contribution in [0, 0.1) is 6.92 Å². The van der Waals surface area contributed by atoms with Gasteiger partial charge in [-0.25, -0.2) is 0 Å². The van der Waals surface area contributed by atoms with Gasteiger partial charge >= 0.3 is 0 Å². The fourth-order valence-corrected chi connectivity index (χ4v) is 2.69. The van der Waals surface area contributed by atoms with Gasteiger partial charge in [-0.3, -0.25) is 0 Å². The molecule has 0 spiro atoms. The van der Waals surface area contributed by atoms with Crippen LogP contribution >= 0.6 is 0 Å². The molecule has 1 aliphatic rings. The van der Waals surface area contributed by atoms with E-state index >= 15 is 0 Å². The summed E-state index contributed by atoms with van der Waals surface area (Å²) in [6.07, 6.45) is 1.89. The van der Waals surface area contributed by atoms with E-state index in [1.165, 1.54) is 16.7 Å². The average molecular weight is 283 g/mol. The molecule has 0 aromatic heterocycles. The highest BCUT2D eigenvalue weighted by molar-refractivity contribution is 5.40. The minimum absolute atomic E-state index is 0.0972. The Labute approximate surface area is 125 Å². The monoisotopic (exact) mass is 283 g/mol. The zero-order valence-corrected chi connectivity index (χ0v) is 12.3. The summed E-state index contributed by atoms with van der Waals surface area (Å²) in [5.74, 6) is 1.88. The lowest BCUT2D eigenvalue weighted by molar-refractivity contribution is 0.148. The quantitative estimate of drug-likeness (QED) is 0.917. The molecule has 21 heavy (non-hydrogen) atoms. The number of nitrogens with two attached hydrogens (primary N) is 1. The van der Waals surface area contributed by atoms with Crippen LogP contribution in [0.3, 0.4) is 0 Å². The van der Waals surface area contributed by atoms with Crippen molar-refractivity contribution < 1.29 is 9.47 Å². The molecule has 0 fully saturated rings. The predicted molar refractivity (Wildman–Crippen MR) is 84.0 cm³/mol. The topological polar surface area (TPSA) is 44.5 Å². The summed E-state index contributed by atoms with van der Waals surface area (Å²) in [7, 11) is 0. The standard InChI is InChI=1S/C18H21NO2/c1-13-5-6-18-15(9-13)11-17(21-18)12-20-16-4-2-3-14(10-16)7-8-19/h2-6,9-10,17H,7-8,11-12,19H2,1H3. The van der Waals surface area contributed by atoms with Gasteiger partial charge in [0, 0.05) is 6.42 Å². The van der Waals surface area contributed by atoms with Crippen molar-refractivity contribution in [3.05, 3.63) is 59.2 Å². The number of ether oxygens (including phenoxy) is 2. The number of aryl methyl sites for hydroxylation is 1. The Balaban J connectivity index is 1.58. The normalized spacial score (nSPS) is 16.4. The highest BCUT2D eigenvalue weighted by atomic mass is 16.5. The van der Waals surface area contributed by atoms with Crippen LogP contribution < -0.4 is 15.2 Å². The van der Waals surface area contributed by atoms with Crippen LogP contribution in [0.2, 0.25) is 0 Å². The van der Waals surface area contributed by atoms with E-state index in [1.54, 1.807) is 0 Å². The molecule has 0 bridgehead atoms. The van der Waals surface area contributed by atoms with Gasteiger partial charge in [0.25, 0.3) is 0 Å². The molecule has 0 aliphatic carbocycles. The Kier molecular flexibility index (Phi) is 4.11. The average Bonchev–Trinajstić information content (AvgIpc) is 2.88. The van der Waals surface area contributed by atoms with Gasteiger partial charge in [-0.2, -0.15) is 0 Å². The summed E-state index contributed by atoms with van der Waals surface area (Å²) in [5, 5.41) is 0. The minimum Gasteiger partial charge on any atom is -0.490 e. The van der Waals surface area contributed by atoms with Gasteiger partial charge in [0.05, 0.1) is 0 Å². The van der Waals surface area contributed by atoms with Crippen LogP contribution in [0.4, 0.5) is 0 Å². The van der Waals surface area contributed by atoms with Crippen LogP contribution in [0.5, 0.6) is 11.5 Å². The van der Waals surface area contributed by atoms with Crippen molar-refractivity contribution in [3.8, 4) is 11.5 Å². The summed E-state index contributed by atoms with van der Waals surface area (Å²) >= 11 is 0. The molecule has 2 N–H and O–H groups in total. The maximum Gasteiger partial charge on any atom is 0.137 e. The Morgan fingerprint density at radius 2 is 2.14 bits per heavy atom. The van der Waals surface area contributed by atoms with Crippen LogP contribution in [-0.2, 0) is 12.8 Å². The summed E-state index contributed by atoms with van der Waals surface area (Å²) in [6, 6.07) is 14.4. The maximum absolute atomic E-state index is 5.92. The summed E-state index contributed by atoms with van der Waals surface area (Å²) in [4.78, 5) is 0. The molecule has 1 atom stereocenters. The number of hydrogen-bond acceptors (Lipinski definition) is 3. The van der Waals surface area contributed by atoms with Crippen molar-refractivity contribution in [3.63, 3.8) is 0 Å². The van der Waals surface area contributed by atoms with E-state index in [-0.39, 0.29) is 6.10 Å². The lowest BCUT2D eigenvalue weighted by atomic mass is 10.1. The van der Waals surface area contributed by atoms with Gasteiger partial charge < -0.3 is 15.2 Å². The second-order valence-corrected chi connectivity index (χ2v) is 5.55. The van der Waals surface area contributed by atoms with Gasteiger partial charge in [0.15, 0.2) is 0 Å². The summed E-state index contributed by atoms with van der Waals surface area (Å²) < 4.78 is 11.8. The van der Waals surface area contributed by atoms with Crippen molar-refractivity contribution in [2.75, 3.05) is 13.2 Å². The molecular weight excluding hydrogens is 262 g/mol.